The number of amides is 1. The highest BCUT2D eigenvalue weighted by Crippen LogP contribution is 2.23. The second-order valence-electron chi connectivity index (χ2n) is 4.77. The van der Waals surface area contributed by atoms with Crippen molar-refractivity contribution in [1.29, 1.82) is 0 Å². The number of carbonyl (C=O) groups is 1. The molecule has 0 saturated heterocycles. The average Bonchev–Trinajstić information content (AvgIpc) is 2.34. The molecule has 1 rings (SSSR count). The molecule has 0 atom stereocenters. The molecule has 124 valence electrons. The van der Waals surface area contributed by atoms with Crippen LogP contribution in [0.25, 0.3) is 0 Å². The Kier molecular flexibility index (Phi) is 5.78. The lowest BCUT2D eigenvalue weighted by Crippen LogP contribution is -2.41. The van der Waals surface area contributed by atoms with Crippen molar-refractivity contribution >= 4 is 15.9 Å². The minimum absolute atomic E-state index is 0.0447. The molecule has 2 N–H and O–H groups in total. The van der Waals surface area contributed by atoms with Crippen molar-refractivity contribution in [1.82, 2.24) is 10.3 Å². The monoisotopic (exact) mass is 340 g/mol. The smallest absolute Gasteiger partial charge is 0.406 e. The Morgan fingerprint density at radius 2 is 1.77 bits per heavy atom. The number of hydrogen-bond acceptors (Lipinski definition) is 4. The van der Waals surface area contributed by atoms with Crippen LogP contribution < -0.4 is 15.0 Å². The first-order valence-electron chi connectivity index (χ1n) is 6.16. The maximum atomic E-state index is 12.0. The molecule has 0 aliphatic rings. The van der Waals surface area contributed by atoms with Crippen molar-refractivity contribution in [3.05, 3.63) is 24.3 Å². The maximum Gasteiger partial charge on any atom is 0.573 e. The van der Waals surface area contributed by atoms with Gasteiger partial charge in [0, 0.05) is 6.42 Å². The van der Waals surface area contributed by atoms with Crippen molar-refractivity contribution in [2.24, 2.45) is 5.92 Å². The summed E-state index contributed by atoms with van der Waals surface area (Å²) in [7, 11) is -4.07. The van der Waals surface area contributed by atoms with Gasteiger partial charge in [0.05, 0.1) is 4.90 Å². The third-order valence-electron chi connectivity index (χ3n) is 2.29. The normalized spacial score (nSPS) is 12.3. The number of carbonyl (C=O) groups excluding carboxylic acids is 1. The Labute approximate surface area is 125 Å². The van der Waals surface area contributed by atoms with Gasteiger partial charge in [-0.2, -0.15) is 0 Å². The fraction of sp³-hybridized carbons (Fsp3) is 0.417. The molecule has 0 bridgehead atoms. The van der Waals surface area contributed by atoms with Crippen molar-refractivity contribution in [3.8, 4) is 5.75 Å². The van der Waals surface area contributed by atoms with Gasteiger partial charge in [-0.25, -0.2) is 8.42 Å². The van der Waals surface area contributed by atoms with Gasteiger partial charge in [-0.3, -0.25) is 10.2 Å². The van der Waals surface area contributed by atoms with E-state index in [1.165, 1.54) is 0 Å². The van der Waals surface area contributed by atoms with Crippen LogP contribution in [0, 0.1) is 5.92 Å². The van der Waals surface area contributed by atoms with E-state index in [0.29, 0.717) is 0 Å². The summed E-state index contributed by atoms with van der Waals surface area (Å²) in [6.07, 6.45) is -4.73. The minimum atomic E-state index is -4.86. The minimum Gasteiger partial charge on any atom is -0.406 e. The number of hydrazine groups is 1. The molecular weight excluding hydrogens is 325 g/mol. The summed E-state index contributed by atoms with van der Waals surface area (Å²) in [6, 6.07) is 3.58. The van der Waals surface area contributed by atoms with E-state index >= 15 is 0 Å². The molecule has 0 unspecified atom stereocenters. The van der Waals surface area contributed by atoms with Gasteiger partial charge in [-0.15, -0.1) is 18.0 Å². The predicted molar refractivity (Wildman–Crippen MR) is 71.0 cm³/mol. The summed E-state index contributed by atoms with van der Waals surface area (Å²) < 4.78 is 63.3. The molecule has 1 amide bonds. The molecule has 0 fully saturated rings. The number of halogens is 3. The number of nitrogens with one attached hydrogen (secondary N) is 2. The second kappa shape index (κ2) is 6.97. The van der Waals surface area contributed by atoms with E-state index < -0.39 is 28.0 Å². The van der Waals surface area contributed by atoms with Crippen LogP contribution in [-0.2, 0) is 14.8 Å². The van der Waals surface area contributed by atoms with Crippen molar-refractivity contribution in [3.63, 3.8) is 0 Å². The first-order valence-corrected chi connectivity index (χ1v) is 7.64. The molecule has 0 heterocycles. The van der Waals surface area contributed by atoms with Crippen molar-refractivity contribution in [2.45, 2.75) is 31.5 Å². The van der Waals surface area contributed by atoms with E-state index in [0.717, 1.165) is 24.3 Å². The maximum absolute atomic E-state index is 12.0. The highest BCUT2D eigenvalue weighted by Gasteiger charge is 2.31. The summed E-state index contributed by atoms with van der Waals surface area (Å²) in [4.78, 5) is 12.9. The van der Waals surface area contributed by atoms with Crippen LogP contribution in [0.1, 0.15) is 20.3 Å². The van der Waals surface area contributed by atoms with Gasteiger partial charge in [-0.1, -0.05) is 13.8 Å². The zero-order valence-corrected chi connectivity index (χ0v) is 12.6. The summed E-state index contributed by atoms with van der Waals surface area (Å²) in [5.74, 6) is -1.02. The lowest BCUT2D eigenvalue weighted by molar-refractivity contribution is -0.274. The largest absolute Gasteiger partial charge is 0.573 e. The highest BCUT2D eigenvalue weighted by atomic mass is 32.2. The van der Waals surface area contributed by atoms with Crippen molar-refractivity contribution < 1.29 is 31.1 Å². The summed E-state index contributed by atoms with van der Waals surface area (Å²) in [5.41, 5.74) is 2.02. The van der Waals surface area contributed by atoms with Gasteiger partial charge in [-0.05, 0) is 30.2 Å². The molecule has 1 aromatic carbocycles. The summed E-state index contributed by atoms with van der Waals surface area (Å²) in [6.45, 7) is 3.57. The van der Waals surface area contributed by atoms with E-state index in [-0.39, 0.29) is 17.2 Å². The first kappa shape index (κ1) is 18.2. The molecule has 10 heteroatoms. The number of ether oxygens (including phenoxy) is 1. The molecule has 0 spiro atoms. The van der Waals surface area contributed by atoms with E-state index in [1.54, 1.807) is 13.8 Å². The number of hydrogen-bond donors (Lipinski definition) is 2. The van der Waals surface area contributed by atoms with Gasteiger partial charge >= 0.3 is 6.36 Å². The van der Waals surface area contributed by atoms with Crippen LogP contribution in [-0.4, -0.2) is 20.7 Å². The fourth-order valence-electron chi connectivity index (χ4n) is 1.43. The number of rotatable bonds is 6. The Bertz CT molecular complexity index is 612. The number of alkyl halides is 3. The van der Waals surface area contributed by atoms with Crippen LogP contribution in [0.3, 0.4) is 0 Å². The molecule has 6 nitrogen and oxygen atoms in total. The lowest BCUT2D eigenvalue weighted by Gasteiger charge is -2.11. The van der Waals surface area contributed by atoms with Crippen LogP contribution in [0.15, 0.2) is 29.2 Å². The Hall–Kier alpha value is -1.81. The third kappa shape index (κ3) is 6.31. The zero-order valence-electron chi connectivity index (χ0n) is 11.8. The second-order valence-corrected chi connectivity index (χ2v) is 6.45. The summed E-state index contributed by atoms with van der Waals surface area (Å²) >= 11 is 0. The first-order chi connectivity index (χ1) is 9.99. The Morgan fingerprint density at radius 1 is 1.23 bits per heavy atom. The van der Waals surface area contributed by atoms with Crippen LogP contribution in [0.5, 0.6) is 5.75 Å². The van der Waals surface area contributed by atoms with Gasteiger partial charge < -0.3 is 4.74 Å². The van der Waals surface area contributed by atoms with E-state index in [4.69, 9.17) is 0 Å². The fourth-order valence-corrected chi connectivity index (χ4v) is 2.29. The average molecular weight is 340 g/mol. The molecule has 0 aromatic heterocycles. The quantitative estimate of drug-likeness (QED) is 0.775. The number of sulfonamides is 1. The van der Waals surface area contributed by atoms with Crippen molar-refractivity contribution in [2.75, 3.05) is 0 Å². The van der Waals surface area contributed by atoms with E-state index in [2.05, 4.69) is 4.74 Å². The van der Waals surface area contributed by atoms with Crippen LogP contribution in [0.2, 0.25) is 0 Å². The topological polar surface area (TPSA) is 84.5 Å². The molecule has 0 radical (unpaired) electrons. The standard InChI is InChI=1S/C12H15F3N2O4S/c1-8(2)7-11(18)16-17-22(19,20)10-5-3-9(4-6-10)21-12(13,14)15/h3-6,8,17H,7H2,1-2H3,(H,16,18). The van der Waals surface area contributed by atoms with Crippen LogP contribution >= 0.6 is 0 Å². The predicted octanol–water partition coefficient (Wildman–Crippen LogP) is 1.94. The van der Waals surface area contributed by atoms with E-state index in [9.17, 15) is 26.4 Å². The third-order valence-corrected chi connectivity index (χ3v) is 3.55. The Morgan fingerprint density at radius 3 is 2.23 bits per heavy atom. The van der Waals surface area contributed by atoms with Gasteiger partial charge in [0.25, 0.3) is 10.0 Å². The molecule has 0 aliphatic carbocycles. The number of benzene rings is 1. The van der Waals surface area contributed by atoms with Gasteiger partial charge in [0.15, 0.2) is 0 Å². The Balaban J connectivity index is 2.71. The molecule has 1 aromatic rings. The molecule has 0 aliphatic heterocycles. The molecule has 22 heavy (non-hydrogen) atoms. The SMILES string of the molecule is CC(C)CC(=O)NNS(=O)(=O)c1ccc(OC(F)(F)F)cc1. The van der Waals surface area contributed by atoms with E-state index in [1.807, 2.05) is 10.3 Å². The summed E-state index contributed by atoms with van der Waals surface area (Å²) in [5, 5.41) is 0. The van der Waals surface area contributed by atoms with Gasteiger partial charge in [0.1, 0.15) is 5.75 Å². The molecular formula is C12H15F3N2O4S. The zero-order chi connectivity index (χ0) is 17.0. The highest BCUT2D eigenvalue weighted by molar-refractivity contribution is 7.89. The lowest BCUT2D eigenvalue weighted by atomic mass is 10.1. The van der Waals surface area contributed by atoms with Crippen LogP contribution in [0.4, 0.5) is 13.2 Å². The van der Waals surface area contributed by atoms with Gasteiger partial charge in [0.2, 0.25) is 5.91 Å². The molecule has 0 saturated carbocycles.